The lowest BCUT2D eigenvalue weighted by atomic mass is 10.1. The number of urea groups is 1. The summed E-state index contributed by atoms with van der Waals surface area (Å²) in [5.74, 6) is -1.00. The van der Waals surface area contributed by atoms with Crippen molar-refractivity contribution in [3.05, 3.63) is 96.5 Å². The highest BCUT2D eigenvalue weighted by Gasteiger charge is 2.37. The number of methoxy groups -OCH3 is 1. The Morgan fingerprint density at radius 2 is 1.84 bits per heavy atom. The van der Waals surface area contributed by atoms with E-state index >= 15 is 0 Å². The largest absolute Gasteiger partial charge is 0.493 e. The maximum Gasteiger partial charge on any atom is 0.335 e. The summed E-state index contributed by atoms with van der Waals surface area (Å²) in [6.07, 6.45) is 1.34. The molecule has 4 rings (SSSR count). The van der Waals surface area contributed by atoms with Crippen molar-refractivity contribution < 1.29 is 28.8 Å². The minimum Gasteiger partial charge on any atom is -0.493 e. The zero-order chi connectivity index (χ0) is 27.6. The van der Waals surface area contributed by atoms with E-state index in [0.29, 0.717) is 37.7 Å². The number of benzene rings is 3. The van der Waals surface area contributed by atoms with Crippen molar-refractivity contribution in [1.29, 1.82) is 0 Å². The molecule has 12 heteroatoms. The lowest BCUT2D eigenvalue weighted by Gasteiger charge is -2.27. The molecular weight excluding hydrogens is 582 g/mol. The Kier molecular flexibility index (Phi) is 7.79. The highest BCUT2D eigenvalue weighted by Crippen LogP contribution is 2.38. The fraction of sp³-hybridized carbons (Fsp3) is 0.115. The van der Waals surface area contributed by atoms with Crippen LogP contribution in [0.4, 0.5) is 16.2 Å². The molecule has 0 radical (unpaired) electrons. The van der Waals surface area contributed by atoms with E-state index in [4.69, 9.17) is 21.1 Å². The van der Waals surface area contributed by atoms with Crippen molar-refractivity contribution in [2.45, 2.75) is 13.5 Å². The summed E-state index contributed by atoms with van der Waals surface area (Å²) in [6, 6.07) is 13.0. The third kappa shape index (κ3) is 5.38. The Morgan fingerprint density at radius 3 is 2.50 bits per heavy atom. The number of non-ortho nitro benzene ring substituents is 1. The third-order valence-electron chi connectivity index (χ3n) is 5.67. The number of barbiturate groups is 1. The van der Waals surface area contributed by atoms with Crippen molar-refractivity contribution in [3.8, 4) is 11.5 Å². The van der Waals surface area contributed by atoms with Crippen molar-refractivity contribution in [1.82, 2.24) is 5.32 Å². The van der Waals surface area contributed by atoms with Gasteiger partial charge in [0.2, 0.25) is 0 Å². The van der Waals surface area contributed by atoms with Crippen molar-refractivity contribution >= 4 is 62.8 Å². The van der Waals surface area contributed by atoms with Gasteiger partial charge in [0.15, 0.2) is 11.5 Å². The van der Waals surface area contributed by atoms with E-state index in [9.17, 15) is 24.5 Å². The van der Waals surface area contributed by atoms with Crippen LogP contribution in [0, 0.1) is 17.0 Å². The molecular formula is C26H19BrClN3O7. The maximum absolute atomic E-state index is 13.3. The molecule has 1 heterocycles. The van der Waals surface area contributed by atoms with Crippen LogP contribution in [0.2, 0.25) is 5.02 Å². The molecule has 38 heavy (non-hydrogen) atoms. The molecule has 0 aliphatic carbocycles. The van der Waals surface area contributed by atoms with Crippen LogP contribution >= 0.6 is 27.5 Å². The van der Waals surface area contributed by atoms with Crippen LogP contribution in [-0.2, 0) is 16.2 Å². The van der Waals surface area contributed by atoms with E-state index < -0.39 is 22.8 Å². The van der Waals surface area contributed by atoms with Gasteiger partial charge in [0, 0.05) is 17.2 Å². The Morgan fingerprint density at radius 1 is 1.13 bits per heavy atom. The highest BCUT2D eigenvalue weighted by atomic mass is 79.9. The van der Waals surface area contributed by atoms with Gasteiger partial charge in [-0.05, 0) is 82.0 Å². The van der Waals surface area contributed by atoms with E-state index in [1.807, 2.05) is 0 Å². The Balaban J connectivity index is 1.63. The number of hydrogen-bond acceptors (Lipinski definition) is 7. The smallest absolute Gasteiger partial charge is 0.335 e. The molecule has 0 spiro atoms. The second-order valence-corrected chi connectivity index (χ2v) is 9.35. The predicted molar refractivity (Wildman–Crippen MR) is 143 cm³/mol. The van der Waals surface area contributed by atoms with Crippen molar-refractivity contribution in [2.24, 2.45) is 0 Å². The number of nitro benzene ring substituents is 1. The lowest BCUT2D eigenvalue weighted by molar-refractivity contribution is -0.384. The van der Waals surface area contributed by atoms with Crippen molar-refractivity contribution in [2.75, 3.05) is 12.0 Å². The first kappa shape index (κ1) is 26.8. The van der Waals surface area contributed by atoms with Crippen LogP contribution in [0.25, 0.3) is 6.08 Å². The second kappa shape index (κ2) is 11.0. The minimum atomic E-state index is -0.878. The minimum absolute atomic E-state index is 0.0306. The quantitative estimate of drug-likeness (QED) is 0.162. The van der Waals surface area contributed by atoms with Crippen molar-refractivity contribution in [3.63, 3.8) is 0 Å². The fourth-order valence-electron chi connectivity index (χ4n) is 3.71. The van der Waals surface area contributed by atoms with Gasteiger partial charge in [0.25, 0.3) is 17.5 Å². The summed E-state index contributed by atoms with van der Waals surface area (Å²) >= 11 is 9.59. The summed E-state index contributed by atoms with van der Waals surface area (Å²) < 4.78 is 11.8. The van der Waals surface area contributed by atoms with Crippen LogP contribution in [-0.4, -0.2) is 29.9 Å². The second-order valence-electron chi connectivity index (χ2n) is 8.09. The first-order valence-electron chi connectivity index (χ1n) is 11.0. The molecule has 3 aromatic carbocycles. The van der Waals surface area contributed by atoms with E-state index in [1.165, 1.54) is 25.3 Å². The molecule has 4 amide bonds. The zero-order valence-electron chi connectivity index (χ0n) is 20.0. The van der Waals surface area contributed by atoms with E-state index in [2.05, 4.69) is 21.2 Å². The monoisotopic (exact) mass is 599 g/mol. The summed E-state index contributed by atoms with van der Waals surface area (Å²) in [6.45, 7) is 1.76. The summed E-state index contributed by atoms with van der Waals surface area (Å²) in [5.41, 5.74) is 1.58. The fourth-order valence-corrected chi connectivity index (χ4v) is 4.46. The molecule has 0 bridgehead atoms. The molecule has 1 aliphatic rings. The van der Waals surface area contributed by atoms with E-state index in [1.54, 1.807) is 49.4 Å². The lowest BCUT2D eigenvalue weighted by Crippen LogP contribution is -2.54. The zero-order valence-corrected chi connectivity index (χ0v) is 22.3. The molecule has 1 saturated heterocycles. The standard InChI is InChI=1S/C26H19BrClN3O7/c1-14-20(28)4-3-5-21(14)30-25(33)18(24(32)29-26(30)34)10-16-11-19(27)23(22(12-16)37-2)38-13-15-6-8-17(9-7-15)31(35)36/h3-12H,13H2,1-2H3,(H,29,32,34)/b18-10+. The number of imide groups is 2. The van der Waals surface area contributed by atoms with Crippen LogP contribution in [0.1, 0.15) is 16.7 Å². The Labute approximate surface area is 230 Å². The van der Waals surface area contributed by atoms with Crippen LogP contribution < -0.4 is 19.7 Å². The number of anilines is 1. The molecule has 0 atom stereocenters. The molecule has 0 unspecified atom stereocenters. The first-order valence-corrected chi connectivity index (χ1v) is 12.2. The van der Waals surface area contributed by atoms with Gasteiger partial charge in [-0.1, -0.05) is 17.7 Å². The topological polar surface area (TPSA) is 128 Å². The Hall–Kier alpha value is -4.22. The van der Waals surface area contributed by atoms with Gasteiger partial charge in [-0.25, -0.2) is 9.69 Å². The van der Waals surface area contributed by atoms with Gasteiger partial charge >= 0.3 is 6.03 Å². The van der Waals surface area contributed by atoms with Crippen LogP contribution in [0.15, 0.2) is 64.6 Å². The van der Waals surface area contributed by atoms with Gasteiger partial charge in [-0.2, -0.15) is 0 Å². The number of nitrogens with one attached hydrogen (secondary N) is 1. The number of rotatable bonds is 7. The average molecular weight is 601 g/mol. The summed E-state index contributed by atoms with van der Waals surface area (Å²) in [5, 5.41) is 13.4. The normalized spacial score (nSPS) is 14.5. The maximum atomic E-state index is 13.3. The number of nitro groups is 1. The molecule has 0 saturated carbocycles. The number of amides is 4. The van der Waals surface area contributed by atoms with Crippen LogP contribution in [0.5, 0.6) is 11.5 Å². The number of carbonyl (C=O) groups is 3. The molecule has 0 aromatic heterocycles. The van der Waals surface area contributed by atoms with Crippen LogP contribution in [0.3, 0.4) is 0 Å². The predicted octanol–water partition coefficient (Wildman–Crippen LogP) is 5.57. The molecule has 1 aliphatic heterocycles. The van der Waals surface area contributed by atoms with Gasteiger partial charge in [-0.3, -0.25) is 25.0 Å². The summed E-state index contributed by atoms with van der Waals surface area (Å²) in [7, 11) is 1.43. The Bertz CT molecular complexity index is 1510. The number of hydrogen-bond donors (Lipinski definition) is 1. The molecule has 1 N–H and O–H groups in total. The van der Waals surface area contributed by atoms with E-state index in [-0.39, 0.29) is 23.6 Å². The highest BCUT2D eigenvalue weighted by molar-refractivity contribution is 9.10. The number of nitrogens with zero attached hydrogens (tertiary/aromatic N) is 2. The molecule has 194 valence electrons. The number of ether oxygens (including phenoxy) is 2. The molecule has 1 fully saturated rings. The van der Waals surface area contributed by atoms with Gasteiger partial charge in [-0.15, -0.1) is 0 Å². The van der Waals surface area contributed by atoms with Gasteiger partial charge in [0.1, 0.15) is 12.2 Å². The number of carbonyl (C=O) groups excluding carboxylic acids is 3. The first-order chi connectivity index (χ1) is 18.1. The number of halogens is 2. The van der Waals surface area contributed by atoms with E-state index in [0.717, 1.165) is 4.90 Å². The summed E-state index contributed by atoms with van der Waals surface area (Å²) in [4.78, 5) is 49.6. The van der Waals surface area contributed by atoms with Gasteiger partial charge in [0.05, 0.1) is 22.2 Å². The van der Waals surface area contributed by atoms with Gasteiger partial charge < -0.3 is 9.47 Å². The molecule has 3 aromatic rings. The SMILES string of the molecule is COc1cc(/C=C2\C(=O)NC(=O)N(c3cccc(Cl)c3C)C2=O)cc(Br)c1OCc1ccc([N+](=O)[O-])cc1. The molecule has 10 nitrogen and oxygen atoms in total. The average Bonchev–Trinajstić information content (AvgIpc) is 2.88. The third-order valence-corrected chi connectivity index (χ3v) is 6.67.